The lowest BCUT2D eigenvalue weighted by Gasteiger charge is -2.32. The molecule has 0 radical (unpaired) electrons. The summed E-state index contributed by atoms with van der Waals surface area (Å²) in [5.74, 6) is 0.605. The third-order valence-corrected chi connectivity index (χ3v) is 4.15. The first-order valence-corrected chi connectivity index (χ1v) is 6.89. The molecule has 1 aromatic rings. The number of hydrogen-bond acceptors (Lipinski definition) is 3. The molecule has 0 aliphatic carbocycles. The number of amides is 1. The quantitative estimate of drug-likeness (QED) is 0.850. The fourth-order valence-electron chi connectivity index (χ4n) is 2.49. The van der Waals surface area contributed by atoms with Crippen LogP contribution in [0, 0.1) is 0 Å². The Balaban J connectivity index is 2.14. The number of carbonyl (C=O) groups excluding carboxylic acids is 1. The van der Waals surface area contributed by atoms with E-state index in [1.807, 2.05) is 24.3 Å². The van der Waals surface area contributed by atoms with Gasteiger partial charge < -0.3 is 15.8 Å². The number of hydrogen-bond donors (Lipinski definition) is 2. The zero-order valence-corrected chi connectivity index (χ0v) is 11.6. The van der Waals surface area contributed by atoms with Gasteiger partial charge in [0.25, 0.3) is 0 Å². The Kier molecular flexibility index (Phi) is 4.10. The summed E-state index contributed by atoms with van der Waals surface area (Å²) in [5.41, 5.74) is 6.50. The first-order chi connectivity index (χ1) is 9.15. The van der Waals surface area contributed by atoms with Crippen molar-refractivity contribution < 1.29 is 9.53 Å². The van der Waals surface area contributed by atoms with Gasteiger partial charge in [0.2, 0.25) is 5.91 Å². The summed E-state index contributed by atoms with van der Waals surface area (Å²) in [6, 6.07) is 7.71. The summed E-state index contributed by atoms with van der Waals surface area (Å²) >= 11 is 0. The molecule has 0 saturated carbocycles. The van der Waals surface area contributed by atoms with Crippen LogP contribution in [0.25, 0.3) is 0 Å². The zero-order valence-electron chi connectivity index (χ0n) is 11.6. The fraction of sp³-hybridized carbons (Fsp3) is 0.533. The smallest absolute Gasteiger partial charge is 0.231 e. The first-order valence-electron chi connectivity index (χ1n) is 6.89. The second-order valence-corrected chi connectivity index (χ2v) is 5.08. The molecule has 1 aliphatic heterocycles. The molecule has 0 saturated heterocycles. The van der Waals surface area contributed by atoms with Gasteiger partial charge in [-0.3, -0.25) is 4.79 Å². The van der Waals surface area contributed by atoms with Crippen molar-refractivity contribution in [3.05, 3.63) is 29.8 Å². The maximum absolute atomic E-state index is 12.5. The summed E-state index contributed by atoms with van der Waals surface area (Å²) in [4.78, 5) is 12.5. The van der Waals surface area contributed by atoms with E-state index in [2.05, 4.69) is 19.2 Å². The van der Waals surface area contributed by atoms with E-state index in [4.69, 9.17) is 10.5 Å². The highest BCUT2D eigenvalue weighted by atomic mass is 16.5. The van der Waals surface area contributed by atoms with Crippen molar-refractivity contribution in [3.8, 4) is 5.75 Å². The van der Waals surface area contributed by atoms with Gasteiger partial charge >= 0.3 is 0 Å². The lowest BCUT2D eigenvalue weighted by molar-refractivity contribution is -0.124. The molecular formula is C15H22N2O2. The van der Waals surface area contributed by atoms with Gasteiger partial charge in [-0.15, -0.1) is 0 Å². The van der Waals surface area contributed by atoms with Crippen LogP contribution in [0.4, 0.5) is 0 Å². The van der Waals surface area contributed by atoms with Crippen molar-refractivity contribution in [2.45, 2.75) is 38.1 Å². The number of para-hydroxylation sites is 1. The minimum Gasteiger partial charge on any atom is -0.492 e. The predicted octanol–water partition coefficient (Wildman–Crippen LogP) is 1.80. The average molecular weight is 262 g/mol. The third-order valence-electron chi connectivity index (χ3n) is 4.15. The van der Waals surface area contributed by atoms with Crippen molar-refractivity contribution in [2.24, 2.45) is 5.73 Å². The van der Waals surface area contributed by atoms with Crippen molar-refractivity contribution >= 4 is 5.91 Å². The normalized spacial score (nSPS) is 17.7. The van der Waals surface area contributed by atoms with E-state index in [0.717, 1.165) is 24.2 Å². The second kappa shape index (κ2) is 5.61. The number of nitrogens with one attached hydrogen (secondary N) is 1. The Morgan fingerprint density at radius 2 is 2.11 bits per heavy atom. The van der Waals surface area contributed by atoms with Crippen LogP contribution in [0.3, 0.4) is 0 Å². The van der Waals surface area contributed by atoms with Gasteiger partial charge in [0, 0.05) is 12.1 Å². The SMILES string of the molecule is CCC(CC)(CN)NC(=O)C1COc2ccccc21. The van der Waals surface area contributed by atoms with E-state index in [1.165, 1.54) is 0 Å². The molecule has 19 heavy (non-hydrogen) atoms. The van der Waals surface area contributed by atoms with E-state index in [9.17, 15) is 4.79 Å². The van der Waals surface area contributed by atoms with Crippen LogP contribution in [0.15, 0.2) is 24.3 Å². The van der Waals surface area contributed by atoms with Gasteiger partial charge in [-0.2, -0.15) is 0 Å². The average Bonchev–Trinajstić information content (AvgIpc) is 2.89. The summed E-state index contributed by atoms with van der Waals surface area (Å²) in [5, 5.41) is 3.12. The van der Waals surface area contributed by atoms with E-state index in [1.54, 1.807) is 0 Å². The van der Waals surface area contributed by atoms with Crippen molar-refractivity contribution in [2.75, 3.05) is 13.2 Å². The Bertz CT molecular complexity index is 447. The van der Waals surface area contributed by atoms with Crippen LogP contribution in [0.5, 0.6) is 5.75 Å². The van der Waals surface area contributed by atoms with Crippen LogP contribution >= 0.6 is 0 Å². The maximum Gasteiger partial charge on any atom is 0.231 e. The maximum atomic E-state index is 12.5. The number of fused-ring (bicyclic) bond motifs is 1. The zero-order chi connectivity index (χ0) is 13.9. The number of benzene rings is 1. The van der Waals surface area contributed by atoms with Crippen LogP contribution in [-0.2, 0) is 4.79 Å². The molecular weight excluding hydrogens is 240 g/mol. The minimum atomic E-state index is -0.297. The molecule has 1 heterocycles. The third kappa shape index (κ3) is 2.59. The molecule has 1 atom stereocenters. The Hall–Kier alpha value is -1.55. The number of ether oxygens (including phenoxy) is 1. The minimum absolute atomic E-state index is 0.0131. The lowest BCUT2D eigenvalue weighted by Crippen LogP contribution is -2.54. The second-order valence-electron chi connectivity index (χ2n) is 5.08. The highest BCUT2D eigenvalue weighted by Crippen LogP contribution is 2.34. The molecule has 1 amide bonds. The summed E-state index contributed by atoms with van der Waals surface area (Å²) in [6.07, 6.45) is 1.67. The van der Waals surface area contributed by atoms with Crippen molar-refractivity contribution in [3.63, 3.8) is 0 Å². The first kappa shape index (κ1) is 13.9. The molecule has 0 fully saturated rings. The summed E-state index contributed by atoms with van der Waals surface area (Å²) < 4.78 is 5.56. The largest absolute Gasteiger partial charge is 0.492 e. The van der Waals surface area contributed by atoms with Crippen molar-refractivity contribution in [1.29, 1.82) is 0 Å². The van der Waals surface area contributed by atoms with E-state index in [-0.39, 0.29) is 17.4 Å². The van der Waals surface area contributed by atoms with Gasteiger partial charge in [0.05, 0.1) is 5.54 Å². The monoisotopic (exact) mass is 262 g/mol. The Morgan fingerprint density at radius 3 is 2.74 bits per heavy atom. The molecule has 0 spiro atoms. The summed E-state index contributed by atoms with van der Waals surface area (Å²) in [6.45, 7) is 4.98. The number of nitrogens with two attached hydrogens (primary N) is 1. The molecule has 1 aromatic carbocycles. The molecule has 2 rings (SSSR count). The molecule has 4 nitrogen and oxygen atoms in total. The summed E-state index contributed by atoms with van der Waals surface area (Å²) in [7, 11) is 0. The Morgan fingerprint density at radius 1 is 1.42 bits per heavy atom. The number of carbonyl (C=O) groups is 1. The van der Waals surface area contributed by atoms with Gasteiger partial charge in [0.15, 0.2) is 0 Å². The molecule has 0 aromatic heterocycles. The lowest BCUT2D eigenvalue weighted by atomic mass is 9.91. The van der Waals surface area contributed by atoms with Gasteiger partial charge in [-0.25, -0.2) is 0 Å². The fourth-order valence-corrected chi connectivity index (χ4v) is 2.49. The van der Waals surface area contributed by atoms with Crippen LogP contribution in [-0.4, -0.2) is 24.6 Å². The van der Waals surface area contributed by atoms with Crippen LogP contribution in [0.1, 0.15) is 38.2 Å². The molecule has 1 unspecified atom stereocenters. The number of rotatable bonds is 5. The molecule has 1 aliphatic rings. The van der Waals surface area contributed by atoms with E-state index >= 15 is 0 Å². The molecule has 3 N–H and O–H groups in total. The molecule has 104 valence electrons. The molecule has 0 bridgehead atoms. The van der Waals surface area contributed by atoms with Crippen LogP contribution in [0.2, 0.25) is 0 Å². The van der Waals surface area contributed by atoms with E-state index in [0.29, 0.717) is 13.2 Å². The topological polar surface area (TPSA) is 64.3 Å². The Labute approximate surface area is 114 Å². The highest BCUT2D eigenvalue weighted by molar-refractivity contribution is 5.86. The van der Waals surface area contributed by atoms with Gasteiger partial charge in [0.1, 0.15) is 18.3 Å². The van der Waals surface area contributed by atoms with Crippen LogP contribution < -0.4 is 15.8 Å². The van der Waals surface area contributed by atoms with E-state index < -0.39 is 0 Å². The van der Waals surface area contributed by atoms with Crippen molar-refractivity contribution in [1.82, 2.24) is 5.32 Å². The van der Waals surface area contributed by atoms with Gasteiger partial charge in [-0.05, 0) is 18.9 Å². The predicted molar refractivity (Wildman–Crippen MR) is 75.2 cm³/mol. The molecule has 4 heteroatoms. The highest BCUT2D eigenvalue weighted by Gasteiger charge is 2.34. The standard InChI is InChI=1S/C15H22N2O2/c1-3-15(4-2,10-16)17-14(18)12-9-19-13-8-6-5-7-11(12)13/h5-8,12H,3-4,9-10,16H2,1-2H3,(H,17,18). The van der Waals surface area contributed by atoms with Gasteiger partial charge in [-0.1, -0.05) is 32.0 Å².